The van der Waals surface area contributed by atoms with Gasteiger partial charge in [0.15, 0.2) is 0 Å². The number of carbonyl (C=O) groups excluding carboxylic acids is 1. The third kappa shape index (κ3) is 1.89. The molecule has 0 saturated carbocycles. The fourth-order valence-electron chi connectivity index (χ4n) is 2.12. The van der Waals surface area contributed by atoms with E-state index in [1.54, 1.807) is 18.2 Å². The van der Waals surface area contributed by atoms with E-state index >= 15 is 0 Å². The molecule has 4 nitrogen and oxygen atoms in total. The molecular weight excluding hydrogens is 220 g/mol. The Bertz CT molecular complexity index is 439. The number of fused-ring (bicyclic) bond motifs is 1. The highest BCUT2D eigenvalue weighted by Gasteiger charge is 2.38. The molecular formula is C13H16O4. The summed E-state index contributed by atoms with van der Waals surface area (Å²) in [5, 5.41) is 10.3. The zero-order valence-electron chi connectivity index (χ0n) is 10.1. The molecule has 1 aromatic rings. The van der Waals surface area contributed by atoms with E-state index in [1.807, 2.05) is 13.8 Å². The molecule has 0 aliphatic carbocycles. The quantitative estimate of drug-likeness (QED) is 0.797. The van der Waals surface area contributed by atoms with Crippen LogP contribution in [0.4, 0.5) is 0 Å². The molecule has 1 aromatic carbocycles. The molecule has 17 heavy (non-hydrogen) atoms. The molecule has 0 amide bonds. The molecule has 92 valence electrons. The van der Waals surface area contributed by atoms with Crippen LogP contribution >= 0.6 is 0 Å². The Morgan fingerprint density at radius 1 is 1.41 bits per heavy atom. The van der Waals surface area contributed by atoms with Crippen LogP contribution in [0, 0.1) is 5.92 Å². The van der Waals surface area contributed by atoms with Crippen LogP contribution in [-0.4, -0.2) is 24.3 Å². The fraction of sp³-hybridized carbons (Fsp3) is 0.462. The zero-order valence-corrected chi connectivity index (χ0v) is 10.1. The summed E-state index contributed by atoms with van der Waals surface area (Å²) in [6, 6.07) is 5.08. The summed E-state index contributed by atoms with van der Waals surface area (Å²) in [7, 11) is 1.52. The van der Waals surface area contributed by atoms with Gasteiger partial charge in [-0.25, -0.2) is 4.79 Å². The van der Waals surface area contributed by atoms with Crippen molar-refractivity contribution >= 4 is 5.97 Å². The van der Waals surface area contributed by atoms with Crippen LogP contribution in [0.2, 0.25) is 0 Å². The lowest BCUT2D eigenvalue weighted by atomic mass is 9.89. The van der Waals surface area contributed by atoms with Crippen molar-refractivity contribution in [2.75, 3.05) is 7.11 Å². The number of hydrogen-bond donors (Lipinski definition) is 1. The summed E-state index contributed by atoms with van der Waals surface area (Å²) in [4.78, 5) is 11.8. The fourth-order valence-corrected chi connectivity index (χ4v) is 2.12. The van der Waals surface area contributed by atoms with Crippen molar-refractivity contribution in [2.45, 2.75) is 26.1 Å². The minimum Gasteiger partial charge on any atom is -0.496 e. The van der Waals surface area contributed by atoms with Gasteiger partial charge in [0.05, 0.1) is 12.7 Å². The Labute approximate surface area is 100 Å². The number of rotatable bonds is 2. The maximum atomic E-state index is 11.8. The second kappa shape index (κ2) is 4.37. The molecule has 1 N–H and O–H groups in total. The lowest BCUT2D eigenvalue weighted by molar-refractivity contribution is -0.0485. The summed E-state index contributed by atoms with van der Waals surface area (Å²) >= 11 is 0. The van der Waals surface area contributed by atoms with Crippen LogP contribution < -0.4 is 4.74 Å². The Balaban J connectivity index is 2.54. The third-order valence-corrected chi connectivity index (χ3v) is 3.01. The van der Waals surface area contributed by atoms with Gasteiger partial charge in [-0.1, -0.05) is 19.9 Å². The highest BCUT2D eigenvalue weighted by molar-refractivity contribution is 5.93. The molecule has 0 unspecified atom stereocenters. The highest BCUT2D eigenvalue weighted by atomic mass is 16.6. The van der Waals surface area contributed by atoms with Gasteiger partial charge < -0.3 is 14.6 Å². The summed E-state index contributed by atoms with van der Waals surface area (Å²) < 4.78 is 10.4. The molecule has 2 rings (SSSR count). The summed E-state index contributed by atoms with van der Waals surface area (Å²) in [5.74, 6) is 0.173. The van der Waals surface area contributed by atoms with E-state index in [2.05, 4.69) is 0 Å². The second-order valence-electron chi connectivity index (χ2n) is 4.48. The number of cyclic esters (lactones) is 1. The molecule has 4 heteroatoms. The van der Waals surface area contributed by atoms with Gasteiger partial charge in [-0.15, -0.1) is 0 Å². The molecule has 0 aromatic heterocycles. The Morgan fingerprint density at radius 3 is 2.71 bits per heavy atom. The SMILES string of the molecule is COc1cccc2c1[C@H](O)[C@H](C(C)C)OC2=O. The van der Waals surface area contributed by atoms with Crippen molar-refractivity contribution in [3.8, 4) is 5.75 Å². The molecule has 0 bridgehead atoms. The van der Waals surface area contributed by atoms with Gasteiger partial charge in [0.2, 0.25) is 0 Å². The Morgan fingerprint density at radius 2 is 2.12 bits per heavy atom. The van der Waals surface area contributed by atoms with E-state index in [-0.39, 0.29) is 5.92 Å². The standard InChI is InChI=1S/C13H16O4/c1-7(2)12-11(14)10-8(13(15)17-12)5-4-6-9(10)16-3/h4-7,11-12,14H,1-3H3/t11-,12-/m0/s1. The van der Waals surface area contributed by atoms with E-state index in [4.69, 9.17) is 9.47 Å². The second-order valence-corrected chi connectivity index (χ2v) is 4.48. The smallest absolute Gasteiger partial charge is 0.339 e. The van der Waals surface area contributed by atoms with Gasteiger partial charge in [0.25, 0.3) is 0 Å². The summed E-state index contributed by atoms with van der Waals surface area (Å²) in [6.07, 6.45) is -1.36. The predicted octanol–water partition coefficient (Wildman–Crippen LogP) is 1.92. The number of benzene rings is 1. The molecule has 2 atom stereocenters. The largest absolute Gasteiger partial charge is 0.496 e. The Kier molecular flexibility index (Phi) is 3.07. The maximum Gasteiger partial charge on any atom is 0.339 e. The molecule has 0 radical (unpaired) electrons. The van der Waals surface area contributed by atoms with Crippen LogP contribution in [-0.2, 0) is 4.74 Å². The van der Waals surface area contributed by atoms with Crippen molar-refractivity contribution in [2.24, 2.45) is 5.92 Å². The van der Waals surface area contributed by atoms with E-state index in [9.17, 15) is 9.90 Å². The average molecular weight is 236 g/mol. The lowest BCUT2D eigenvalue weighted by Crippen LogP contribution is -2.36. The molecule has 0 fully saturated rings. The number of hydrogen-bond acceptors (Lipinski definition) is 4. The summed E-state index contributed by atoms with van der Waals surface area (Å²) in [6.45, 7) is 3.81. The number of esters is 1. The zero-order chi connectivity index (χ0) is 12.6. The van der Waals surface area contributed by atoms with E-state index < -0.39 is 18.2 Å². The lowest BCUT2D eigenvalue weighted by Gasteiger charge is -2.32. The molecule has 1 aliphatic rings. The number of aliphatic hydroxyl groups excluding tert-OH is 1. The van der Waals surface area contributed by atoms with Crippen LogP contribution in [0.25, 0.3) is 0 Å². The van der Waals surface area contributed by atoms with Gasteiger partial charge in [0.1, 0.15) is 18.0 Å². The first-order chi connectivity index (χ1) is 8.06. The number of ether oxygens (including phenoxy) is 2. The van der Waals surface area contributed by atoms with Gasteiger partial charge in [-0.05, 0) is 18.1 Å². The molecule has 1 aliphatic heterocycles. The van der Waals surface area contributed by atoms with E-state index in [0.717, 1.165) is 0 Å². The minimum absolute atomic E-state index is 0.0482. The third-order valence-electron chi connectivity index (χ3n) is 3.01. The van der Waals surface area contributed by atoms with Crippen molar-refractivity contribution in [1.29, 1.82) is 0 Å². The maximum absolute atomic E-state index is 11.8. The van der Waals surface area contributed by atoms with Crippen molar-refractivity contribution in [3.63, 3.8) is 0 Å². The highest BCUT2D eigenvalue weighted by Crippen LogP contribution is 2.38. The van der Waals surface area contributed by atoms with Crippen molar-refractivity contribution in [3.05, 3.63) is 29.3 Å². The number of methoxy groups -OCH3 is 1. The normalized spacial score (nSPS) is 23.2. The van der Waals surface area contributed by atoms with Crippen LogP contribution in [0.1, 0.15) is 35.9 Å². The van der Waals surface area contributed by atoms with Gasteiger partial charge in [-0.2, -0.15) is 0 Å². The first-order valence-corrected chi connectivity index (χ1v) is 5.62. The minimum atomic E-state index is -0.834. The first-order valence-electron chi connectivity index (χ1n) is 5.62. The molecule has 0 spiro atoms. The van der Waals surface area contributed by atoms with Gasteiger partial charge in [0, 0.05) is 5.56 Å². The van der Waals surface area contributed by atoms with Gasteiger partial charge in [-0.3, -0.25) is 0 Å². The molecule has 1 heterocycles. The number of carbonyl (C=O) groups is 1. The van der Waals surface area contributed by atoms with E-state index in [1.165, 1.54) is 7.11 Å². The summed E-state index contributed by atoms with van der Waals surface area (Å²) in [5.41, 5.74) is 0.915. The monoisotopic (exact) mass is 236 g/mol. The van der Waals surface area contributed by atoms with Crippen LogP contribution in [0.15, 0.2) is 18.2 Å². The van der Waals surface area contributed by atoms with Gasteiger partial charge >= 0.3 is 5.97 Å². The topological polar surface area (TPSA) is 55.8 Å². The number of aliphatic hydroxyl groups is 1. The van der Waals surface area contributed by atoms with Crippen molar-refractivity contribution in [1.82, 2.24) is 0 Å². The van der Waals surface area contributed by atoms with E-state index in [0.29, 0.717) is 16.9 Å². The first kappa shape index (κ1) is 11.9. The van der Waals surface area contributed by atoms with Crippen LogP contribution in [0.3, 0.4) is 0 Å². The Hall–Kier alpha value is -1.55. The average Bonchev–Trinajstić information content (AvgIpc) is 2.32. The van der Waals surface area contributed by atoms with Crippen molar-refractivity contribution < 1.29 is 19.4 Å². The predicted molar refractivity (Wildman–Crippen MR) is 62.0 cm³/mol. The molecule has 0 saturated heterocycles. The van der Waals surface area contributed by atoms with Crippen LogP contribution in [0.5, 0.6) is 5.75 Å².